The van der Waals surface area contributed by atoms with Crippen LogP contribution in [0.1, 0.15) is 11.3 Å². The van der Waals surface area contributed by atoms with Crippen LogP contribution in [0.3, 0.4) is 0 Å². The second kappa shape index (κ2) is 5.36. The first kappa shape index (κ1) is 12.7. The van der Waals surface area contributed by atoms with Gasteiger partial charge in [0.1, 0.15) is 23.6 Å². The Hall–Kier alpha value is -2.30. The summed E-state index contributed by atoms with van der Waals surface area (Å²) in [5.41, 5.74) is 7.85. The van der Waals surface area contributed by atoms with Crippen molar-refractivity contribution in [2.24, 2.45) is 5.92 Å². The average Bonchev–Trinajstić information content (AvgIpc) is 2.47. The van der Waals surface area contributed by atoms with Gasteiger partial charge in [0.15, 0.2) is 0 Å². The molecule has 0 saturated heterocycles. The van der Waals surface area contributed by atoms with Crippen LogP contribution in [0, 0.1) is 5.92 Å². The molecule has 5 heteroatoms. The molecule has 2 N–H and O–H groups in total. The Kier molecular flexibility index (Phi) is 3.41. The summed E-state index contributed by atoms with van der Waals surface area (Å²) < 4.78 is 11.0. The van der Waals surface area contributed by atoms with Crippen molar-refractivity contribution >= 4 is 5.82 Å². The van der Waals surface area contributed by atoms with Gasteiger partial charge in [-0.3, -0.25) is 0 Å². The molecule has 0 bridgehead atoms. The van der Waals surface area contributed by atoms with E-state index in [-0.39, 0.29) is 0 Å². The van der Waals surface area contributed by atoms with Crippen molar-refractivity contribution in [3.8, 4) is 11.5 Å². The van der Waals surface area contributed by atoms with Gasteiger partial charge >= 0.3 is 0 Å². The number of methoxy groups -OCH3 is 1. The Morgan fingerprint density at radius 1 is 1.35 bits per heavy atom. The molecule has 0 saturated carbocycles. The molecule has 0 aliphatic carbocycles. The third-order valence-corrected chi connectivity index (χ3v) is 3.50. The highest BCUT2D eigenvalue weighted by molar-refractivity contribution is 5.42. The maximum absolute atomic E-state index is 5.83. The maximum Gasteiger partial charge on any atom is 0.126 e. The highest BCUT2D eigenvalue weighted by atomic mass is 16.5. The number of fused-ring (bicyclic) bond motifs is 1. The minimum Gasteiger partial charge on any atom is -0.497 e. The van der Waals surface area contributed by atoms with Crippen LogP contribution in [-0.4, -0.2) is 23.7 Å². The fourth-order valence-corrected chi connectivity index (χ4v) is 2.50. The summed E-state index contributed by atoms with van der Waals surface area (Å²) in [7, 11) is 1.66. The summed E-state index contributed by atoms with van der Waals surface area (Å²) in [4.78, 5) is 8.16. The van der Waals surface area contributed by atoms with Crippen molar-refractivity contribution in [3.63, 3.8) is 0 Å². The predicted molar refractivity (Wildman–Crippen MR) is 75.8 cm³/mol. The summed E-state index contributed by atoms with van der Waals surface area (Å²) in [6.07, 6.45) is 3.33. The molecule has 0 spiro atoms. The fourth-order valence-electron chi connectivity index (χ4n) is 2.50. The molecule has 2 aromatic rings. The molecule has 0 fully saturated rings. The lowest BCUT2D eigenvalue weighted by Crippen LogP contribution is -2.23. The van der Waals surface area contributed by atoms with Crippen LogP contribution < -0.4 is 15.2 Å². The lowest BCUT2D eigenvalue weighted by molar-refractivity contribution is 0.219. The smallest absolute Gasteiger partial charge is 0.126 e. The van der Waals surface area contributed by atoms with Gasteiger partial charge in [-0.1, -0.05) is 6.07 Å². The van der Waals surface area contributed by atoms with Crippen molar-refractivity contribution in [2.45, 2.75) is 12.8 Å². The normalized spacial score (nSPS) is 17.1. The van der Waals surface area contributed by atoms with Gasteiger partial charge in [0, 0.05) is 23.7 Å². The van der Waals surface area contributed by atoms with Gasteiger partial charge in [-0.05, 0) is 24.5 Å². The van der Waals surface area contributed by atoms with Crippen molar-refractivity contribution in [1.29, 1.82) is 0 Å². The van der Waals surface area contributed by atoms with E-state index in [9.17, 15) is 0 Å². The number of ether oxygens (including phenoxy) is 2. The van der Waals surface area contributed by atoms with Gasteiger partial charge in [0.05, 0.1) is 13.7 Å². The minimum absolute atomic E-state index is 0.408. The van der Waals surface area contributed by atoms with E-state index in [1.807, 2.05) is 18.2 Å². The molecule has 0 amide bonds. The molecular weight excluding hydrogens is 254 g/mol. The van der Waals surface area contributed by atoms with Crippen LogP contribution in [-0.2, 0) is 12.8 Å². The second-order valence-electron chi connectivity index (χ2n) is 4.99. The number of anilines is 1. The quantitative estimate of drug-likeness (QED) is 0.922. The van der Waals surface area contributed by atoms with Crippen LogP contribution in [0.5, 0.6) is 11.5 Å². The van der Waals surface area contributed by atoms with Crippen molar-refractivity contribution in [3.05, 3.63) is 41.9 Å². The molecule has 2 heterocycles. The Balaban J connectivity index is 1.72. The summed E-state index contributed by atoms with van der Waals surface area (Å²) in [6.45, 7) is 0.685. The van der Waals surface area contributed by atoms with Crippen LogP contribution in [0.2, 0.25) is 0 Å². The van der Waals surface area contributed by atoms with Gasteiger partial charge in [0.25, 0.3) is 0 Å². The lowest BCUT2D eigenvalue weighted by Gasteiger charge is -2.25. The first-order valence-corrected chi connectivity index (χ1v) is 6.60. The predicted octanol–water partition coefficient (Wildman–Crippen LogP) is 1.86. The molecule has 5 nitrogen and oxygen atoms in total. The number of hydrogen-bond donors (Lipinski definition) is 1. The Bertz CT molecular complexity index is 616. The van der Waals surface area contributed by atoms with Crippen molar-refractivity contribution < 1.29 is 9.47 Å². The van der Waals surface area contributed by atoms with E-state index < -0.39 is 0 Å². The van der Waals surface area contributed by atoms with E-state index in [2.05, 4.69) is 16.0 Å². The number of rotatable bonds is 3. The summed E-state index contributed by atoms with van der Waals surface area (Å²) in [6, 6.07) is 7.79. The van der Waals surface area contributed by atoms with Gasteiger partial charge in [0.2, 0.25) is 0 Å². The van der Waals surface area contributed by atoms with E-state index in [1.165, 1.54) is 11.9 Å². The van der Waals surface area contributed by atoms with Gasteiger partial charge in [-0.2, -0.15) is 0 Å². The monoisotopic (exact) mass is 271 g/mol. The largest absolute Gasteiger partial charge is 0.497 e. The van der Waals surface area contributed by atoms with Crippen LogP contribution >= 0.6 is 0 Å². The number of benzene rings is 1. The third kappa shape index (κ3) is 2.66. The highest BCUT2D eigenvalue weighted by Gasteiger charge is 2.21. The number of nitrogens with two attached hydrogens (primary N) is 1. The standard InChI is InChI=1S/C15H17N3O2/c1-19-13-3-2-11-4-10(8-20-14(11)7-13)5-12-6-15(16)18-9-17-12/h2-3,6-7,9-10H,4-5,8H2,1H3,(H2,16,17,18). The Morgan fingerprint density at radius 2 is 2.25 bits per heavy atom. The van der Waals surface area contributed by atoms with E-state index in [0.717, 1.165) is 30.0 Å². The minimum atomic E-state index is 0.408. The molecule has 3 rings (SSSR count). The molecule has 1 aromatic heterocycles. The zero-order valence-electron chi connectivity index (χ0n) is 11.4. The molecule has 1 atom stereocenters. The molecular formula is C15H17N3O2. The number of aromatic nitrogens is 2. The Morgan fingerprint density at radius 3 is 3.05 bits per heavy atom. The zero-order chi connectivity index (χ0) is 13.9. The topological polar surface area (TPSA) is 70.3 Å². The molecule has 1 unspecified atom stereocenters. The SMILES string of the molecule is COc1ccc2c(c1)OCC(Cc1cc(N)ncn1)C2. The first-order chi connectivity index (χ1) is 9.74. The van der Waals surface area contributed by atoms with Gasteiger partial charge in [-0.25, -0.2) is 9.97 Å². The van der Waals surface area contributed by atoms with Crippen LogP contribution in [0.4, 0.5) is 5.82 Å². The van der Waals surface area contributed by atoms with Crippen molar-refractivity contribution in [1.82, 2.24) is 9.97 Å². The highest BCUT2D eigenvalue weighted by Crippen LogP contribution is 2.31. The summed E-state index contributed by atoms with van der Waals surface area (Å²) in [5, 5.41) is 0. The average molecular weight is 271 g/mol. The Labute approximate surface area is 117 Å². The molecule has 104 valence electrons. The lowest BCUT2D eigenvalue weighted by atomic mass is 9.92. The molecule has 0 radical (unpaired) electrons. The summed E-state index contributed by atoms with van der Waals surface area (Å²) in [5.74, 6) is 2.66. The molecule has 1 aliphatic rings. The van der Waals surface area contributed by atoms with Gasteiger partial charge < -0.3 is 15.2 Å². The third-order valence-electron chi connectivity index (χ3n) is 3.50. The van der Waals surface area contributed by atoms with Crippen LogP contribution in [0.25, 0.3) is 0 Å². The van der Waals surface area contributed by atoms with Gasteiger partial charge in [-0.15, -0.1) is 0 Å². The molecule has 1 aliphatic heterocycles. The maximum atomic E-state index is 5.83. The fraction of sp³-hybridized carbons (Fsp3) is 0.333. The zero-order valence-corrected chi connectivity index (χ0v) is 11.4. The first-order valence-electron chi connectivity index (χ1n) is 6.60. The second-order valence-corrected chi connectivity index (χ2v) is 4.99. The van der Waals surface area contributed by atoms with Crippen molar-refractivity contribution in [2.75, 3.05) is 19.5 Å². The summed E-state index contributed by atoms with van der Waals surface area (Å²) >= 11 is 0. The molecule has 1 aromatic carbocycles. The number of hydrogen-bond acceptors (Lipinski definition) is 5. The van der Waals surface area contributed by atoms with E-state index in [0.29, 0.717) is 18.3 Å². The van der Waals surface area contributed by atoms with Crippen LogP contribution in [0.15, 0.2) is 30.6 Å². The number of nitrogens with zero attached hydrogens (tertiary/aromatic N) is 2. The van der Waals surface area contributed by atoms with E-state index in [4.69, 9.17) is 15.2 Å². The molecule has 20 heavy (non-hydrogen) atoms. The van der Waals surface area contributed by atoms with E-state index >= 15 is 0 Å². The van der Waals surface area contributed by atoms with E-state index in [1.54, 1.807) is 7.11 Å². The number of nitrogen functional groups attached to an aromatic ring is 1.